The molecule has 0 spiro atoms. The first kappa shape index (κ1) is 14.8. The minimum atomic E-state index is -0.0782. The maximum atomic E-state index is 9.21. The van der Waals surface area contributed by atoms with Crippen molar-refractivity contribution in [2.24, 2.45) is 0 Å². The fraction of sp³-hybridized carbons (Fsp3) is 0.267. The van der Waals surface area contributed by atoms with E-state index >= 15 is 0 Å². The van der Waals surface area contributed by atoms with E-state index in [-0.39, 0.29) is 12.6 Å². The number of nitrogens with one attached hydrogen (secondary N) is 2. The molecule has 2 aliphatic rings. The topological polar surface area (TPSA) is 86.7 Å². The standard InChI is InChI=1S/C15H17N5OS/c1-10(7-21)18-14-12-13(17-9-16-12)19-15(20-14)22-8-11-5-3-2-4-6-11/h2-6,9-10,21H,7-8H2,1H3,(H2,16,17,18,19,20)/t10-/m1/s1. The molecule has 0 saturated carbocycles. The summed E-state index contributed by atoms with van der Waals surface area (Å²) < 4.78 is 0. The van der Waals surface area contributed by atoms with E-state index in [1.165, 1.54) is 11.9 Å². The van der Waals surface area contributed by atoms with Crippen molar-refractivity contribution in [1.29, 1.82) is 0 Å². The van der Waals surface area contributed by atoms with Crippen molar-refractivity contribution in [2.45, 2.75) is 23.9 Å². The molecule has 6 nitrogen and oxygen atoms in total. The third-order valence-corrected chi connectivity index (χ3v) is 4.08. The molecule has 3 rings (SSSR count). The lowest BCUT2D eigenvalue weighted by Gasteiger charge is -2.15. The Morgan fingerprint density at radius 2 is 2.09 bits per heavy atom. The second-order valence-corrected chi connectivity index (χ2v) is 5.93. The molecule has 0 unspecified atom stereocenters. The van der Waals surface area contributed by atoms with Crippen molar-refractivity contribution >= 4 is 17.6 Å². The van der Waals surface area contributed by atoms with Gasteiger partial charge in [0, 0.05) is 11.8 Å². The fourth-order valence-corrected chi connectivity index (χ4v) is 2.82. The average molecular weight is 315 g/mol. The first-order valence-electron chi connectivity index (χ1n) is 7.01. The van der Waals surface area contributed by atoms with Gasteiger partial charge in [-0.05, 0) is 12.5 Å². The Hall–Kier alpha value is -2.12. The lowest BCUT2D eigenvalue weighted by atomic mass is 10.2. The SMILES string of the molecule is C[C@H](CO)Nc1[nH]c(SCc2ccccc2)nc2ncnc1-2. The summed E-state index contributed by atoms with van der Waals surface area (Å²) in [6.07, 6.45) is 1.49. The molecule has 1 aromatic carbocycles. The number of aromatic nitrogens is 4. The summed E-state index contributed by atoms with van der Waals surface area (Å²) in [6, 6.07) is 10.1. The minimum absolute atomic E-state index is 0.0400. The van der Waals surface area contributed by atoms with Gasteiger partial charge in [0.1, 0.15) is 17.8 Å². The number of hydrogen-bond acceptors (Lipinski definition) is 6. The number of imidazole rings is 1. The molecule has 1 aromatic rings. The molecule has 0 amide bonds. The van der Waals surface area contributed by atoms with E-state index in [2.05, 4.69) is 37.4 Å². The van der Waals surface area contributed by atoms with Crippen LogP contribution in [-0.4, -0.2) is 37.7 Å². The first-order chi connectivity index (χ1) is 10.8. The second-order valence-electron chi connectivity index (χ2n) is 4.97. The molecule has 0 bridgehead atoms. The minimum Gasteiger partial charge on any atom is -0.394 e. The van der Waals surface area contributed by atoms with Gasteiger partial charge in [0.15, 0.2) is 11.0 Å². The van der Waals surface area contributed by atoms with Crippen LogP contribution in [-0.2, 0) is 5.75 Å². The van der Waals surface area contributed by atoms with Crippen molar-refractivity contribution in [3.8, 4) is 11.5 Å². The van der Waals surface area contributed by atoms with Crippen LogP contribution in [0.4, 0.5) is 5.82 Å². The molecule has 3 N–H and O–H groups in total. The predicted octanol–water partition coefficient (Wildman–Crippen LogP) is 2.39. The normalized spacial score (nSPS) is 12.5. The summed E-state index contributed by atoms with van der Waals surface area (Å²) in [7, 11) is 0. The molecule has 0 saturated heterocycles. The highest BCUT2D eigenvalue weighted by molar-refractivity contribution is 7.98. The number of nitrogens with zero attached hydrogens (tertiary/aromatic N) is 3. The third-order valence-electron chi connectivity index (χ3n) is 3.14. The average Bonchev–Trinajstić information content (AvgIpc) is 3.02. The van der Waals surface area contributed by atoms with Crippen LogP contribution in [0.1, 0.15) is 12.5 Å². The third kappa shape index (κ3) is 3.37. The van der Waals surface area contributed by atoms with Crippen LogP contribution in [0.15, 0.2) is 41.8 Å². The van der Waals surface area contributed by atoms with Crippen LogP contribution in [0.2, 0.25) is 0 Å². The fourth-order valence-electron chi connectivity index (χ4n) is 2.00. The lowest BCUT2D eigenvalue weighted by molar-refractivity contribution is 0.281. The maximum Gasteiger partial charge on any atom is 0.186 e. The predicted molar refractivity (Wildman–Crippen MR) is 87.0 cm³/mol. The first-order valence-corrected chi connectivity index (χ1v) is 7.99. The number of aromatic amines is 1. The van der Waals surface area contributed by atoms with Crippen LogP contribution >= 0.6 is 11.8 Å². The highest BCUT2D eigenvalue weighted by Gasteiger charge is 2.17. The van der Waals surface area contributed by atoms with Gasteiger partial charge in [0.2, 0.25) is 0 Å². The Labute approximate surface area is 132 Å². The lowest BCUT2D eigenvalue weighted by Crippen LogP contribution is -2.21. The molecule has 0 fully saturated rings. The van der Waals surface area contributed by atoms with Gasteiger partial charge in [-0.1, -0.05) is 42.1 Å². The Kier molecular flexibility index (Phi) is 4.55. The highest BCUT2D eigenvalue weighted by Crippen LogP contribution is 2.28. The molecule has 1 atom stereocenters. The quantitative estimate of drug-likeness (QED) is 0.478. The highest BCUT2D eigenvalue weighted by atomic mass is 32.2. The Morgan fingerprint density at radius 1 is 1.27 bits per heavy atom. The Balaban J connectivity index is 1.82. The molecule has 7 heteroatoms. The van der Waals surface area contributed by atoms with E-state index in [0.29, 0.717) is 11.5 Å². The van der Waals surface area contributed by atoms with Crippen LogP contribution < -0.4 is 5.32 Å². The number of anilines is 1. The van der Waals surface area contributed by atoms with Gasteiger partial charge < -0.3 is 15.4 Å². The summed E-state index contributed by atoms with van der Waals surface area (Å²) in [5.74, 6) is 2.15. The number of benzene rings is 1. The number of thioether (sulfide) groups is 1. The number of fused-ring (bicyclic) bond motifs is 1. The largest absolute Gasteiger partial charge is 0.394 e. The summed E-state index contributed by atoms with van der Waals surface area (Å²) in [5, 5.41) is 13.2. The second kappa shape index (κ2) is 6.76. The van der Waals surface area contributed by atoms with Crippen molar-refractivity contribution in [2.75, 3.05) is 11.9 Å². The summed E-state index contributed by atoms with van der Waals surface area (Å²) in [5.41, 5.74) is 1.92. The molecular formula is C15H17N5OS. The van der Waals surface area contributed by atoms with Gasteiger partial charge in [-0.15, -0.1) is 0 Å². The maximum absolute atomic E-state index is 9.21. The number of rotatable bonds is 6. The zero-order chi connectivity index (χ0) is 15.4. The monoisotopic (exact) mass is 315 g/mol. The molecule has 2 heterocycles. The van der Waals surface area contributed by atoms with Gasteiger partial charge in [0.05, 0.1) is 6.61 Å². The Bertz CT molecular complexity index is 702. The zero-order valence-corrected chi connectivity index (χ0v) is 13.0. The van der Waals surface area contributed by atoms with Crippen molar-refractivity contribution in [3.05, 3.63) is 42.2 Å². The Morgan fingerprint density at radius 3 is 2.86 bits per heavy atom. The van der Waals surface area contributed by atoms with E-state index in [1.807, 2.05) is 25.1 Å². The van der Waals surface area contributed by atoms with Crippen LogP contribution in [0.25, 0.3) is 11.5 Å². The van der Waals surface area contributed by atoms with E-state index in [9.17, 15) is 5.11 Å². The summed E-state index contributed by atoms with van der Waals surface area (Å²) in [4.78, 5) is 16.1. The van der Waals surface area contributed by atoms with Gasteiger partial charge in [-0.2, -0.15) is 0 Å². The zero-order valence-electron chi connectivity index (χ0n) is 12.2. The molecular weight excluding hydrogens is 298 g/mol. The summed E-state index contributed by atoms with van der Waals surface area (Å²) >= 11 is 1.60. The van der Waals surface area contributed by atoms with E-state index in [1.54, 1.807) is 11.8 Å². The van der Waals surface area contributed by atoms with Crippen LogP contribution in [0, 0.1) is 0 Å². The molecule has 0 radical (unpaired) electrons. The van der Waals surface area contributed by atoms with Crippen LogP contribution in [0.5, 0.6) is 0 Å². The van der Waals surface area contributed by atoms with Crippen LogP contribution in [0.3, 0.4) is 0 Å². The number of aliphatic hydroxyl groups excluding tert-OH is 1. The van der Waals surface area contributed by atoms with Crippen molar-refractivity contribution in [3.63, 3.8) is 0 Å². The van der Waals surface area contributed by atoms with E-state index in [4.69, 9.17) is 0 Å². The van der Waals surface area contributed by atoms with Gasteiger partial charge in [-0.3, -0.25) is 0 Å². The molecule has 22 heavy (non-hydrogen) atoms. The number of hydrogen-bond donors (Lipinski definition) is 3. The molecule has 0 aliphatic carbocycles. The van der Waals surface area contributed by atoms with E-state index < -0.39 is 0 Å². The summed E-state index contributed by atoms with van der Waals surface area (Å²) in [6.45, 7) is 1.94. The molecule has 0 aromatic heterocycles. The van der Waals surface area contributed by atoms with E-state index in [0.717, 1.165) is 16.7 Å². The smallest absolute Gasteiger partial charge is 0.186 e. The van der Waals surface area contributed by atoms with Crippen molar-refractivity contribution in [1.82, 2.24) is 19.9 Å². The number of aliphatic hydroxyl groups is 1. The van der Waals surface area contributed by atoms with Crippen molar-refractivity contribution < 1.29 is 5.11 Å². The van der Waals surface area contributed by atoms with Gasteiger partial charge in [-0.25, -0.2) is 15.0 Å². The molecule has 2 aliphatic heterocycles. The van der Waals surface area contributed by atoms with Gasteiger partial charge in [0.25, 0.3) is 0 Å². The number of H-pyrrole nitrogens is 1. The molecule has 114 valence electrons. The van der Waals surface area contributed by atoms with Gasteiger partial charge >= 0.3 is 0 Å².